The number of para-hydroxylation sites is 1. The van der Waals surface area contributed by atoms with Crippen molar-refractivity contribution in [3.8, 4) is 11.4 Å². The van der Waals surface area contributed by atoms with Gasteiger partial charge in [-0.3, -0.25) is 9.36 Å². The first kappa shape index (κ1) is 28.6. The SMILES string of the molecule is C[C@H](c1ccccc1)n1c(SCC(=O)N2c3ccccc3C[C@@H]2C)nnc1-c1cccc(S(=O)(=O)N2CCOCC2)c1. The van der Waals surface area contributed by atoms with Crippen LogP contribution in [0, 0.1) is 0 Å². The Hall–Kier alpha value is -3.51. The van der Waals surface area contributed by atoms with Gasteiger partial charge in [-0.15, -0.1) is 10.2 Å². The first-order chi connectivity index (χ1) is 20.3. The maximum absolute atomic E-state index is 13.5. The minimum atomic E-state index is -3.69. The highest BCUT2D eigenvalue weighted by molar-refractivity contribution is 7.99. The Morgan fingerprint density at radius 1 is 1.00 bits per heavy atom. The smallest absolute Gasteiger partial charge is 0.243 e. The molecule has 0 aliphatic carbocycles. The second-order valence-corrected chi connectivity index (χ2v) is 13.4. The predicted octanol–water partition coefficient (Wildman–Crippen LogP) is 4.65. The molecule has 11 heteroatoms. The number of carbonyl (C=O) groups is 1. The molecular formula is C31H33N5O4S2. The third kappa shape index (κ3) is 5.49. The topological polar surface area (TPSA) is 97.6 Å². The standard InChI is InChI=1S/C31H33N5O4S2/c1-22-19-25-11-6-7-14-28(25)35(22)29(37)21-41-31-33-32-30(36(31)23(2)24-9-4-3-5-10-24)26-12-8-13-27(20-26)42(38,39)34-15-17-40-18-16-34/h3-14,20,22-23H,15-19,21H2,1-2H3/t22-,23+/m0/s1. The van der Waals surface area contributed by atoms with Gasteiger partial charge in [-0.25, -0.2) is 8.42 Å². The monoisotopic (exact) mass is 603 g/mol. The van der Waals surface area contributed by atoms with Crippen molar-refractivity contribution < 1.29 is 17.9 Å². The van der Waals surface area contributed by atoms with Crippen LogP contribution in [-0.2, 0) is 26.0 Å². The van der Waals surface area contributed by atoms with E-state index in [1.54, 1.807) is 18.2 Å². The van der Waals surface area contributed by atoms with Crippen molar-refractivity contribution in [2.75, 3.05) is 37.0 Å². The largest absolute Gasteiger partial charge is 0.379 e. The summed E-state index contributed by atoms with van der Waals surface area (Å²) >= 11 is 1.35. The van der Waals surface area contributed by atoms with Gasteiger partial charge in [0.15, 0.2) is 11.0 Å². The summed E-state index contributed by atoms with van der Waals surface area (Å²) in [6, 6.07) is 24.8. The van der Waals surface area contributed by atoms with Crippen LogP contribution in [0.15, 0.2) is 88.9 Å². The molecule has 0 N–H and O–H groups in total. The molecule has 3 aromatic carbocycles. The predicted molar refractivity (Wildman–Crippen MR) is 163 cm³/mol. The number of hydrogen-bond donors (Lipinski definition) is 0. The molecule has 0 radical (unpaired) electrons. The summed E-state index contributed by atoms with van der Waals surface area (Å²) in [5, 5.41) is 9.64. The minimum Gasteiger partial charge on any atom is -0.379 e. The van der Waals surface area contributed by atoms with Gasteiger partial charge in [0.2, 0.25) is 15.9 Å². The second kappa shape index (κ2) is 12.0. The van der Waals surface area contributed by atoms with Gasteiger partial charge < -0.3 is 9.64 Å². The van der Waals surface area contributed by atoms with E-state index in [1.807, 2.05) is 64.1 Å². The fourth-order valence-corrected chi connectivity index (χ4v) is 8.00. The van der Waals surface area contributed by atoms with Gasteiger partial charge in [0, 0.05) is 30.4 Å². The first-order valence-corrected chi connectivity index (χ1v) is 16.5. The van der Waals surface area contributed by atoms with E-state index in [-0.39, 0.29) is 28.6 Å². The summed E-state index contributed by atoms with van der Waals surface area (Å²) in [6.45, 7) is 5.52. The van der Waals surface area contributed by atoms with Gasteiger partial charge in [0.25, 0.3) is 0 Å². The van der Waals surface area contributed by atoms with Gasteiger partial charge >= 0.3 is 0 Å². The molecule has 0 saturated carbocycles. The summed E-state index contributed by atoms with van der Waals surface area (Å²) in [7, 11) is -3.69. The number of benzene rings is 3. The number of aromatic nitrogens is 3. The number of nitrogens with zero attached hydrogens (tertiary/aromatic N) is 5. The zero-order valence-electron chi connectivity index (χ0n) is 23.6. The Kier molecular flexibility index (Phi) is 8.17. The highest BCUT2D eigenvalue weighted by atomic mass is 32.2. The number of sulfonamides is 1. The molecule has 1 amide bonds. The van der Waals surface area contributed by atoms with Crippen LogP contribution in [0.5, 0.6) is 0 Å². The molecule has 9 nitrogen and oxygen atoms in total. The van der Waals surface area contributed by atoms with Gasteiger partial charge in [-0.2, -0.15) is 4.31 Å². The molecule has 218 valence electrons. The molecule has 0 unspecified atom stereocenters. The molecule has 2 aliphatic heterocycles. The number of carbonyl (C=O) groups excluding carboxylic acids is 1. The Morgan fingerprint density at radius 3 is 2.52 bits per heavy atom. The number of hydrogen-bond acceptors (Lipinski definition) is 7. The lowest BCUT2D eigenvalue weighted by molar-refractivity contribution is -0.116. The van der Waals surface area contributed by atoms with Crippen molar-refractivity contribution in [3.63, 3.8) is 0 Å². The average Bonchev–Trinajstić information content (AvgIpc) is 3.60. The van der Waals surface area contributed by atoms with Crippen LogP contribution < -0.4 is 4.90 Å². The van der Waals surface area contributed by atoms with Crippen molar-refractivity contribution in [3.05, 3.63) is 90.0 Å². The number of rotatable bonds is 8. The molecule has 1 saturated heterocycles. The number of anilines is 1. The number of ether oxygens (including phenoxy) is 1. The highest BCUT2D eigenvalue weighted by Crippen LogP contribution is 2.35. The summed E-state index contributed by atoms with van der Waals surface area (Å²) in [5.74, 6) is 0.753. The fraction of sp³-hybridized carbons (Fsp3) is 0.323. The number of morpholine rings is 1. The van der Waals surface area contributed by atoms with Crippen molar-refractivity contribution in [2.24, 2.45) is 0 Å². The Balaban J connectivity index is 1.33. The van der Waals surface area contributed by atoms with Crippen molar-refractivity contribution in [1.29, 1.82) is 0 Å². The van der Waals surface area contributed by atoms with Gasteiger partial charge in [0.1, 0.15) is 0 Å². The summed E-state index contributed by atoms with van der Waals surface area (Å²) in [5.41, 5.74) is 3.83. The van der Waals surface area contributed by atoms with E-state index in [0.29, 0.717) is 42.8 Å². The minimum absolute atomic E-state index is 0.0134. The first-order valence-electron chi connectivity index (χ1n) is 14.1. The number of fused-ring (bicyclic) bond motifs is 1. The van der Waals surface area contributed by atoms with Crippen LogP contribution in [0.4, 0.5) is 5.69 Å². The van der Waals surface area contributed by atoms with E-state index >= 15 is 0 Å². The summed E-state index contributed by atoms with van der Waals surface area (Å²) in [6.07, 6.45) is 0.835. The van der Waals surface area contributed by atoms with E-state index < -0.39 is 10.0 Å². The van der Waals surface area contributed by atoms with Crippen molar-refractivity contribution in [1.82, 2.24) is 19.1 Å². The molecule has 6 rings (SSSR count). The maximum atomic E-state index is 13.5. The molecule has 2 aliphatic rings. The molecule has 1 fully saturated rings. The van der Waals surface area contributed by atoms with Gasteiger partial charge in [-0.05, 0) is 49.6 Å². The normalized spacial score (nSPS) is 18.1. The molecular weight excluding hydrogens is 571 g/mol. The van der Waals surface area contributed by atoms with Crippen molar-refractivity contribution >= 4 is 33.4 Å². The van der Waals surface area contributed by atoms with Crippen LogP contribution in [0.1, 0.15) is 31.0 Å². The maximum Gasteiger partial charge on any atom is 0.243 e. The third-order valence-electron chi connectivity index (χ3n) is 7.83. The molecule has 0 spiro atoms. The van der Waals surface area contributed by atoms with Crippen LogP contribution in [0.2, 0.25) is 0 Å². The highest BCUT2D eigenvalue weighted by Gasteiger charge is 2.32. The average molecular weight is 604 g/mol. The van der Waals surface area contributed by atoms with Crippen LogP contribution in [-0.4, -0.2) is 71.5 Å². The zero-order valence-corrected chi connectivity index (χ0v) is 25.2. The molecule has 4 aromatic rings. The third-order valence-corrected chi connectivity index (χ3v) is 10.7. The fourth-order valence-electron chi connectivity index (χ4n) is 5.68. The lowest BCUT2D eigenvalue weighted by Crippen LogP contribution is -2.40. The van der Waals surface area contributed by atoms with Crippen LogP contribution in [0.3, 0.4) is 0 Å². The molecule has 42 heavy (non-hydrogen) atoms. The van der Waals surface area contributed by atoms with Gasteiger partial charge in [0.05, 0.1) is 29.9 Å². The van der Waals surface area contributed by atoms with Crippen molar-refractivity contribution in [2.45, 2.75) is 42.4 Å². The molecule has 3 heterocycles. The van der Waals surface area contributed by atoms with E-state index in [0.717, 1.165) is 17.7 Å². The lowest BCUT2D eigenvalue weighted by atomic mass is 10.1. The second-order valence-electron chi connectivity index (χ2n) is 10.5. The van der Waals surface area contributed by atoms with E-state index in [2.05, 4.69) is 30.1 Å². The summed E-state index contributed by atoms with van der Waals surface area (Å²) < 4.78 is 35.6. The number of amides is 1. The summed E-state index contributed by atoms with van der Waals surface area (Å²) in [4.78, 5) is 15.6. The Morgan fingerprint density at radius 2 is 1.74 bits per heavy atom. The van der Waals surface area contributed by atoms with E-state index in [1.165, 1.54) is 21.6 Å². The Bertz CT molecular complexity index is 1690. The quantitative estimate of drug-likeness (QED) is 0.271. The Labute approximate surface area is 250 Å². The molecule has 1 aromatic heterocycles. The molecule has 2 atom stereocenters. The van der Waals surface area contributed by atoms with Crippen LogP contribution in [0.25, 0.3) is 11.4 Å². The van der Waals surface area contributed by atoms with E-state index in [4.69, 9.17) is 4.74 Å². The van der Waals surface area contributed by atoms with E-state index in [9.17, 15) is 13.2 Å². The number of thioether (sulfide) groups is 1. The van der Waals surface area contributed by atoms with Gasteiger partial charge in [-0.1, -0.05) is 72.4 Å². The van der Waals surface area contributed by atoms with Crippen LogP contribution >= 0.6 is 11.8 Å². The molecule has 0 bridgehead atoms. The lowest BCUT2D eigenvalue weighted by Gasteiger charge is -2.26. The zero-order chi connectivity index (χ0) is 29.3.